The minimum absolute atomic E-state index is 0.628. The van der Waals surface area contributed by atoms with Crippen LogP contribution in [0.5, 0.6) is 5.75 Å². The van der Waals surface area contributed by atoms with Crippen molar-refractivity contribution in [1.82, 2.24) is 9.78 Å². The second-order valence-electron chi connectivity index (χ2n) is 4.69. The zero-order valence-electron chi connectivity index (χ0n) is 10.7. The Hall–Kier alpha value is -1.97. The number of methoxy groups -OCH3 is 1. The van der Waals surface area contributed by atoms with Crippen molar-refractivity contribution in [3.05, 3.63) is 30.3 Å². The van der Waals surface area contributed by atoms with Crippen LogP contribution in [-0.2, 0) is 7.05 Å². The summed E-state index contributed by atoms with van der Waals surface area (Å²) >= 11 is 0. The molecule has 94 valence electrons. The predicted molar refractivity (Wildman–Crippen MR) is 71.8 cm³/mol. The van der Waals surface area contributed by atoms with Crippen LogP contribution in [0.2, 0.25) is 0 Å². The molecule has 0 radical (unpaired) electrons. The molecule has 18 heavy (non-hydrogen) atoms. The fraction of sp³-hybridized carbons (Fsp3) is 0.357. The maximum Gasteiger partial charge on any atom is 0.148 e. The first kappa shape index (κ1) is 11.1. The van der Waals surface area contributed by atoms with Crippen LogP contribution < -0.4 is 10.1 Å². The van der Waals surface area contributed by atoms with Crippen LogP contribution in [0.15, 0.2) is 30.3 Å². The number of rotatable bonds is 4. The summed E-state index contributed by atoms with van der Waals surface area (Å²) < 4.78 is 7.08. The zero-order chi connectivity index (χ0) is 12.5. The minimum Gasteiger partial charge on any atom is -0.497 e. The molecule has 1 saturated carbocycles. The summed E-state index contributed by atoms with van der Waals surface area (Å²) in [5, 5.41) is 7.90. The Bertz CT molecular complexity index is 541. The molecule has 1 aliphatic rings. The second-order valence-corrected chi connectivity index (χ2v) is 4.69. The SMILES string of the molecule is COc1ccc(-c2cc(NC3CC3)nn2C)cc1. The van der Waals surface area contributed by atoms with E-state index in [0.29, 0.717) is 6.04 Å². The third kappa shape index (κ3) is 2.18. The lowest BCUT2D eigenvalue weighted by molar-refractivity contribution is 0.415. The van der Waals surface area contributed by atoms with Gasteiger partial charge in [-0.1, -0.05) is 0 Å². The molecule has 1 fully saturated rings. The van der Waals surface area contributed by atoms with Gasteiger partial charge in [0.2, 0.25) is 0 Å². The number of aromatic nitrogens is 2. The number of aryl methyl sites for hydroxylation is 1. The average molecular weight is 243 g/mol. The maximum absolute atomic E-state index is 5.17. The van der Waals surface area contributed by atoms with E-state index in [0.717, 1.165) is 22.8 Å². The van der Waals surface area contributed by atoms with E-state index in [2.05, 4.69) is 28.6 Å². The van der Waals surface area contributed by atoms with E-state index in [1.54, 1.807) is 7.11 Å². The summed E-state index contributed by atoms with van der Waals surface area (Å²) in [5.41, 5.74) is 2.26. The largest absolute Gasteiger partial charge is 0.497 e. The molecular formula is C14H17N3O. The van der Waals surface area contributed by atoms with Gasteiger partial charge in [-0.3, -0.25) is 4.68 Å². The number of ether oxygens (including phenoxy) is 1. The number of nitrogens with one attached hydrogen (secondary N) is 1. The fourth-order valence-electron chi connectivity index (χ4n) is 2.01. The monoisotopic (exact) mass is 243 g/mol. The van der Waals surface area contributed by atoms with Gasteiger partial charge in [0.15, 0.2) is 0 Å². The van der Waals surface area contributed by atoms with E-state index in [9.17, 15) is 0 Å². The van der Waals surface area contributed by atoms with Gasteiger partial charge in [0.1, 0.15) is 11.6 Å². The van der Waals surface area contributed by atoms with Crippen LogP contribution in [0, 0.1) is 0 Å². The third-order valence-electron chi connectivity index (χ3n) is 3.19. The molecule has 2 aromatic rings. The molecule has 0 atom stereocenters. The van der Waals surface area contributed by atoms with Crippen molar-refractivity contribution in [3.8, 4) is 17.0 Å². The maximum atomic E-state index is 5.17. The third-order valence-corrected chi connectivity index (χ3v) is 3.19. The van der Waals surface area contributed by atoms with Crippen molar-refractivity contribution in [2.24, 2.45) is 7.05 Å². The second kappa shape index (κ2) is 4.37. The molecule has 4 nitrogen and oxygen atoms in total. The van der Waals surface area contributed by atoms with Gasteiger partial charge in [-0.05, 0) is 37.1 Å². The van der Waals surface area contributed by atoms with Crippen molar-refractivity contribution in [2.45, 2.75) is 18.9 Å². The Morgan fingerprint density at radius 1 is 1.28 bits per heavy atom. The lowest BCUT2D eigenvalue weighted by Gasteiger charge is -2.03. The first-order chi connectivity index (χ1) is 8.76. The Balaban J connectivity index is 1.86. The molecule has 4 heteroatoms. The molecule has 1 N–H and O–H groups in total. The fourth-order valence-corrected chi connectivity index (χ4v) is 2.01. The molecule has 3 rings (SSSR count). The first-order valence-electron chi connectivity index (χ1n) is 6.21. The minimum atomic E-state index is 0.628. The van der Waals surface area contributed by atoms with Crippen molar-refractivity contribution < 1.29 is 4.74 Å². The highest BCUT2D eigenvalue weighted by atomic mass is 16.5. The highest BCUT2D eigenvalue weighted by Crippen LogP contribution is 2.28. The summed E-state index contributed by atoms with van der Waals surface area (Å²) in [6.07, 6.45) is 2.52. The Kier molecular flexibility index (Phi) is 2.70. The van der Waals surface area contributed by atoms with E-state index >= 15 is 0 Å². The highest BCUT2D eigenvalue weighted by molar-refractivity contribution is 5.64. The van der Waals surface area contributed by atoms with Crippen LogP contribution in [0.4, 0.5) is 5.82 Å². The molecule has 1 aromatic heterocycles. The number of nitrogens with zero attached hydrogens (tertiary/aromatic N) is 2. The molecule has 0 bridgehead atoms. The van der Waals surface area contributed by atoms with E-state index in [-0.39, 0.29) is 0 Å². The van der Waals surface area contributed by atoms with Crippen molar-refractivity contribution in [2.75, 3.05) is 12.4 Å². The molecule has 0 aliphatic heterocycles. The van der Waals surface area contributed by atoms with Crippen LogP contribution in [0.25, 0.3) is 11.3 Å². The van der Waals surface area contributed by atoms with Gasteiger partial charge < -0.3 is 10.1 Å². The van der Waals surface area contributed by atoms with Gasteiger partial charge in [-0.15, -0.1) is 0 Å². The standard InChI is InChI=1S/C14H17N3O/c1-17-13(9-14(16-17)15-11-5-6-11)10-3-7-12(18-2)8-4-10/h3-4,7-9,11H,5-6H2,1-2H3,(H,15,16). The molecule has 1 aliphatic carbocycles. The molecule has 0 spiro atoms. The van der Waals surface area contributed by atoms with Gasteiger partial charge in [0.05, 0.1) is 12.8 Å². The lowest BCUT2D eigenvalue weighted by Crippen LogP contribution is -2.01. The zero-order valence-corrected chi connectivity index (χ0v) is 10.7. The molecule has 0 amide bonds. The normalized spacial score (nSPS) is 14.6. The summed E-state index contributed by atoms with van der Waals surface area (Å²) in [5.74, 6) is 1.84. The average Bonchev–Trinajstić information content (AvgIpc) is 3.12. The highest BCUT2D eigenvalue weighted by Gasteiger charge is 2.22. The molecule has 0 unspecified atom stereocenters. The number of anilines is 1. The lowest BCUT2D eigenvalue weighted by atomic mass is 10.1. The van der Waals surface area contributed by atoms with Gasteiger partial charge in [-0.25, -0.2) is 0 Å². The predicted octanol–water partition coefficient (Wildman–Crippen LogP) is 2.67. The Morgan fingerprint density at radius 2 is 2.00 bits per heavy atom. The molecule has 0 saturated heterocycles. The van der Waals surface area contributed by atoms with Crippen LogP contribution in [-0.4, -0.2) is 22.9 Å². The number of hydrogen-bond acceptors (Lipinski definition) is 3. The topological polar surface area (TPSA) is 39.1 Å². The van der Waals surface area contributed by atoms with Crippen molar-refractivity contribution >= 4 is 5.82 Å². The summed E-state index contributed by atoms with van der Waals surface area (Å²) in [7, 11) is 3.65. The van der Waals surface area contributed by atoms with Crippen LogP contribution in [0.1, 0.15) is 12.8 Å². The van der Waals surface area contributed by atoms with Gasteiger partial charge in [0.25, 0.3) is 0 Å². The summed E-state index contributed by atoms with van der Waals surface area (Å²) in [4.78, 5) is 0. The van der Waals surface area contributed by atoms with Gasteiger partial charge in [0, 0.05) is 24.7 Å². The van der Waals surface area contributed by atoms with Gasteiger partial charge >= 0.3 is 0 Å². The molecular weight excluding hydrogens is 226 g/mol. The molecule has 1 aromatic carbocycles. The van der Waals surface area contributed by atoms with Crippen molar-refractivity contribution in [3.63, 3.8) is 0 Å². The van der Waals surface area contributed by atoms with E-state index in [4.69, 9.17) is 4.74 Å². The van der Waals surface area contributed by atoms with Crippen LogP contribution >= 0.6 is 0 Å². The Labute approximate surface area is 107 Å². The first-order valence-corrected chi connectivity index (χ1v) is 6.21. The van der Waals surface area contributed by atoms with E-state index in [1.165, 1.54) is 12.8 Å². The van der Waals surface area contributed by atoms with E-state index < -0.39 is 0 Å². The summed E-state index contributed by atoms with van der Waals surface area (Å²) in [6, 6.07) is 10.8. The number of benzene rings is 1. The Morgan fingerprint density at radius 3 is 2.61 bits per heavy atom. The summed E-state index contributed by atoms with van der Waals surface area (Å²) in [6.45, 7) is 0. The smallest absolute Gasteiger partial charge is 0.148 e. The molecule has 1 heterocycles. The quantitative estimate of drug-likeness (QED) is 0.897. The van der Waals surface area contributed by atoms with Gasteiger partial charge in [-0.2, -0.15) is 5.10 Å². The van der Waals surface area contributed by atoms with E-state index in [1.807, 2.05) is 23.9 Å². The number of hydrogen-bond donors (Lipinski definition) is 1. The van der Waals surface area contributed by atoms with Crippen LogP contribution in [0.3, 0.4) is 0 Å². The van der Waals surface area contributed by atoms with Crippen molar-refractivity contribution in [1.29, 1.82) is 0 Å².